The molecule has 0 fully saturated rings. The number of rotatable bonds is 3. The highest BCUT2D eigenvalue weighted by atomic mass is 16.5. The van der Waals surface area contributed by atoms with Crippen LogP contribution in [0.3, 0.4) is 0 Å². The molecule has 2 aromatic rings. The van der Waals surface area contributed by atoms with Crippen LogP contribution >= 0.6 is 0 Å². The SMILES string of the molecule is CCOC(=O)c1ncn(-c2cccnn2)c1N. The van der Waals surface area contributed by atoms with E-state index in [0.29, 0.717) is 5.82 Å². The van der Waals surface area contributed by atoms with Gasteiger partial charge in [-0.05, 0) is 19.1 Å². The number of hydrogen-bond donors (Lipinski definition) is 1. The molecule has 17 heavy (non-hydrogen) atoms. The molecule has 0 aliphatic carbocycles. The molecule has 0 saturated carbocycles. The second-order valence-corrected chi connectivity index (χ2v) is 3.15. The third-order valence-corrected chi connectivity index (χ3v) is 2.08. The Hall–Kier alpha value is -2.44. The van der Waals surface area contributed by atoms with Crippen LogP contribution in [0.15, 0.2) is 24.7 Å². The minimum atomic E-state index is -0.548. The van der Waals surface area contributed by atoms with Gasteiger partial charge in [-0.3, -0.25) is 4.57 Å². The largest absolute Gasteiger partial charge is 0.461 e. The van der Waals surface area contributed by atoms with Crippen LogP contribution in [0.1, 0.15) is 17.4 Å². The summed E-state index contributed by atoms with van der Waals surface area (Å²) in [5, 5.41) is 7.59. The molecule has 2 N–H and O–H groups in total. The van der Waals surface area contributed by atoms with Crippen LogP contribution in [0.4, 0.5) is 5.82 Å². The van der Waals surface area contributed by atoms with Crippen LogP contribution in [-0.4, -0.2) is 32.3 Å². The van der Waals surface area contributed by atoms with Crippen molar-refractivity contribution < 1.29 is 9.53 Å². The second-order valence-electron chi connectivity index (χ2n) is 3.15. The topological polar surface area (TPSA) is 95.9 Å². The smallest absolute Gasteiger partial charge is 0.360 e. The Morgan fingerprint density at radius 2 is 2.41 bits per heavy atom. The summed E-state index contributed by atoms with van der Waals surface area (Å²) in [7, 11) is 0. The normalized spacial score (nSPS) is 10.2. The van der Waals surface area contributed by atoms with Gasteiger partial charge in [0.2, 0.25) is 0 Å². The number of carbonyl (C=O) groups is 1. The highest BCUT2D eigenvalue weighted by Crippen LogP contribution is 2.15. The van der Waals surface area contributed by atoms with Crippen LogP contribution < -0.4 is 5.73 Å². The van der Waals surface area contributed by atoms with E-state index in [1.54, 1.807) is 25.3 Å². The van der Waals surface area contributed by atoms with Crippen molar-refractivity contribution in [2.24, 2.45) is 0 Å². The monoisotopic (exact) mass is 233 g/mol. The molecule has 7 heteroatoms. The maximum absolute atomic E-state index is 11.5. The van der Waals surface area contributed by atoms with Gasteiger partial charge in [-0.25, -0.2) is 9.78 Å². The lowest BCUT2D eigenvalue weighted by molar-refractivity contribution is 0.0521. The van der Waals surface area contributed by atoms with Gasteiger partial charge in [0.05, 0.1) is 6.61 Å². The van der Waals surface area contributed by atoms with Crippen molar-refractivity contribution in [3.63, 3.8) is 0 Å². The summed E-state index contributed by atoms with van der Waals surface area (Å²) >= 11 is 0. The lowest BCUT2D eigenvalue weighted by Gasteiger charge is -2.03. The molecular formula is C10H11N5O2. The maximum Gasteiger partial charge on any atom is 0.360 e. The summed E-state index contributed by atoms with van der Waals surface area (Å²) in [5.74, 6) is 0.129. The van der Waals surface area contributed by atoms with Crippen molar-refractivity contribution in [2.75, 3.05) is 12.3 Å². The maximum atomic E-state index is 11.5. The standard InChI is InChI=1S/C10H11N5O2/c1-2-17-10(16)8-9(11)15(6-12-8)7-4-3-5-13-14-7/h3-6H,2,11H2,1H3. The van der Waals surface area contributed by atoms with Gasteiger partial charge >= 0.3 is 5.97 Å². The first-order chi connectivity index (χ1) is 8.24. The van der Waals surface area contributed by atoms with Crippen molar-refractivity contribution in [3.05, 3.63) is 30.4 Å². The Bertz CT molecular complexity index is 523. The average molecular weight is 233 g/mol. The third-order valence-electron chi connectivity index (χ3n) is 2.08. The number of nitrogens with two attached hydrogens (primary N) is 1. The van der Waals surface area contributed by atoms with Gasteiger partial charge in [0, 0.05) is 6.20 Å². The van der Waals surface area contributed by atoms with Gasteiger partial charge in [-0.2, -0.15) is 5.10 Å². The number of nitrogens with zero attached hydrogens (tertiary/aromatic N) is 4. The Labute approximate surface area is 97.2 Å². The van der Waals surface area contributed by atoms with Crippen molar-refractivity contribution in [3.8, 4) is 5.82 Å². The predicted molar refractivity (Wildman–Crippen MR) is 59.5 cm³/mol. The van der Waals surface area contributed by atoms with Gasteiger partial charge < -0.3 is 10.5 Å². The molecule has 7 nitrogen and oxygen atoms in total. The molecule has 0 unspecified atom stereocenters. The predicted octanol–water partition coefficient (Wildman–Crippen LogP) is 0.421. The molecule has 0 aliphatic heterocycles. The second kappa shape index (κ2) is 4.60. The molecule has 0 atom stereocenters. The number of carbonyl (C=O) groups excluding carboxylic acids is 1. The summed E-state index contributed by atoms with van der Waals surface area (Å²) in [4.78, 5) is 15.4. The fourth-order valence-electron chi connectivity index (χ4n) is 1.32. The summed E-state index contributed by atoms with van der Waals surface area (Å²) in [6.45, 7) is 1.99. The molecular weight excluding hydrogens is 222 g/mol. The number of nitrogen functional groups attached to an aromatic ring is 1. The first-order valence-corrected chi connectivity index (χ1v) is 5.02. The van der Waals surface area contributed by atoms with Crippen LogP contribution in [-0.2, 0) is 4.74 Å². The number of anilines is 1. The van der Waals surface area contributed by atoms with E-state index in [2.05, 4.69) is 15.2 Å². The van der Waals surface area contributed by atoms with Gasteiger partial charge in [0.25, 0.3) is 0 Å². The van der Waals surface area contributed by atoms with Gasteiger partial charge in [0.15, 0.2) is 11.5 Å². The average Bonchev–Trinajstić information content (AvgIpc) is 2.72. The van der Waals surface area contributed by atoms with E-state index in [1.807, 2.05) is 0 Å². The molecule has 2 heterocycles. The number of ether oxygens (including phenoxy) is 1. The van der Waals surface area contributed by atoms with Gasteiger partial charge in [0.1, 0.15) is 12.1 Å². The fraction of sp³-hybridized carbons (Fsp3) is 0.200. The lowest BCUT2D eigenvalue weighted by atomic mass is 10.4. The molecule has 0 amide bonds. The Kier molecular flexibility index (Phi) is 2.99. The fourth-order valence-corrected chi connectivity index (χ4v) is 1.32. The summed E-state index contributed by atoms with van der Waals surface area (Å²) in [6.07, 6.45) is 2.95. The number of esters is 1. The van der Waals surface area contributed by atoms with E-state index < -0.39 is 5.97 Å². The van der Waals surface area contributed by atoms with Crippen LogP contribution in [0.25, 0.3) is 5.82 Å². The molecule has 88 valence electrons. The molecule has 0 aromatic carbocycles. The number of aromatic nitrogens is 4. The highest BCUT2D eigenvalue weighted by molar-refractivity contribution is 5.92. The summed E-state index contributed by atoms with van der Waals surface area (Å²) in [5.41, 5.74) is 5.88. The van der Waals surface area contributed by atoms with Crippen LogP contribution in [0.5, 0.6) is 0 Å². The lowest BCUT2D eigenvalue weighted by Crippen LogP contribution is -2.10. The van der Waals surface area contributed by atoms with Crippen molar-refractivity contribution in [1.82, 2.24) is 19.7 Å². The zero-order valence-electron chi connectivity index (χ0n) is 9.20. The zero-order chi connectivity index (χ0) is 12.3. The van der Waals surface area contributed by atoms with E-state index in [0.717, 1.165) is 0 Å². The zero-order valence-corrected chi connectivity index (χ0v) is 9.20. The van der Waals surface area contributed by atoms with Crippen molar-refractivity contribution in [2.45, 2.75) is 6.92 Å². The molecule has 0 spiro atoms. The molecule has 0 aliphatic rings. The molecule has 0 saturated heterocycles. The van der Waals surface area contributed by atoms with E-state index in [-0.39, 0.29) is 18.1 Å². The first kappa shape index (κ1) is 11.1. The molecule has 2 rings (SSSR count). The van der Waals surface area contributed by atoms with Crippen LogP contribution in [0, 0.1) is 0 Å². The molecule has 0 bridgehead atoms. The quantitative estimate of drug-likeness (QED) is 0.772. The summed E-state index contributed by atoms with van der Waals surface area (Å²) < 4.78 is 6.30. The third kappa shape index (κ3) is 2.07. The van der Waals surface area contributed by atoms with Gasteiger partial charge in [-0.1, -0.05) is 0 Å². The van der Waals surface area contributed by atoms with Crippen LogP contribution in [0.2, 0.25) is 0 Å². The van der Waals surface area contributed by atoms with E-state index in [1.165, 1.54) is 10.9 Å². The summed E-state index contributed by atoms with van der Waals surface area (Å²) in [6, 6.07) is 3.42. The van der Waals surface area contributed by atoms with E-state index >= 15 is 0 Å². The molecule has 0 radical (unpaired) electrons. The first-order valence-electron chi connectivity index (χ1n) is 5.02. The van der Waals surface area contributed by atoms with E-state index in [9.17, 15) is 4.79 Å². The number of hydrogen-bond acceptors (Lipinski definition) is 6. The minimum Gasteiger partial charge on any atom is -0.461 e. The Balaban J connectivity index is 2.37. The van der Waals surface area contributed by atoms with E-state index in [4.69, 9.17) is 10.5 Å². The molecule has 2 aromatic heterocycles. The number of imidazole rings is 1. The van der Waals surface area contributed by atoms with Crippen molar-refractivity contribution >= 4 is 11.8 Å². The van der Waals surface area contributed by atoms with Crippen molar-refractivity contribution in [1.29, 1.82) is 0 Å². The Morgan fingerprint density at radius 1 is 1.59 bits per heavy atom. The van der Waals surface area contributed by atoms with Gasteiger partial charge in [-0.15, -0.1) is 5.10 Å². The minimum absolute atomic E-state index is 0.0810. The highest BCUT2D eigenvalue weighted by Gasteiger charge is 2.17. The Morgan fingerprint density at radius 3 is 3.06 bits per heavy atom.